The third-order valence-corrected chi connectivity index (χ3v) is 5.70. The van der Waals surface area contributed by atoms with E-state index >= 15 is 0 Å². The number of benzene rings is 1. The van der Waals surface area contributed by atoms with Crippen LogP contribution >= 0.6 is 15.9 Å². The van der Waals surface area contributed by atoms with Crippen LogP contribution in [0.2, 0.25) is 0 Å². The van der Waals surface area contributed by atoms with Crippen molar-refractivity contribution < 1.29 is 4.79 Å². The molecule has 144 valence electrons. The summed E-state index contributed by atoms with van der Waals surface area (Å²) in [5, 5.41) is 4.30. The van der Waals surface area contributed by atoms with Crippen molar-refractivity contribution in [3.05, 3.63) is 52.8 Å². The van der Waals surface area contributed by atoms with Crippen LogP contribution < -0.4 is 10.2 Å². The van der Waals surface area contributed by atoms with Gasteiger partial charge in [-0.2, -0.15) is 0 Å². The number of halogens is 1. The quantitative estimate of drug-likeness (QED) is 0.539. The maximum absolute atomic E-state index is 12.2. The van der Waals surface area contributed by atoms with Gasteiger partial charge in [0.05, 0.1) is 28.7 Å². The van der Waals surface area contributed by atoms with E-state index in [2.05, 4.69) is 43.0 Å². The average molecular weight is 439 g/mol. The Bertz CT molecular complexity index is 1020. The number of Topliss-reactive ketones (excluding diaryl/α,β-unsaturated/α-hetero) is 1. The van der Waals surface area contributed by atoms with Crippen molar-refractivity contribution in [3.63, 3.8) is 0 Å². The zero-order chi connectivity index (χ0) is 19.7. The molecule has 0 aliphatic carbocycles. The van der Waals surface area contributed by atoms with E-state index in [9.17, 15) is 4.79 Å². The predicted octanol–water partition coefficient (Wildman–Crippen LogP) is 5.57. The first-order chi connectivity index (χ1) is 13.5. The zero-order valence-corrected chi connectivity index (χ0v) is 17.7. The molecule has 28 heavy (non-hydrogen) atoms. The van der Waals surface area contributed by atoms with Crippen molar-refractivity contribution in [3.8, 4) is 0 Å². The summed E-state index contributed by atoms with van der Waals surface area (Å²) in [7, 11) is 0. The predicted molar refractivity (Wildman–Crippen MR) is 118 cm³/mol. The summed E-state index contributed by atoms with van der Waals surface area (Å²) >= 11 is 3.51. The lowest BCUT2D eigenvalue weighted by Crippen LogP contribution is -2.34. The third-order valence-electron chi connectivity index (χ3n) is 5.21. The molecule has 1 aliphatic rings. The van der Waals surface area contributed by atoms with Crippen molar-refractivity contribution in [2.75, 3.05) is 23.3 Å². The Labute approximate surface area is 173 Å². The first kappa shape index (κ1) is 18.9. The van der Waals surface area contributed by atoms with E-state index in [1.807, 2.05) is 36.5 Å². The van der Waals surface area contributed by atoms with Gasteiger partial charge in [0.25, 0.3) is 0 Å². The van der Waals surface area contributed by atoms with Gasteiger partial charge in [0.1, 0.15) is 5.82 Å². The molecular formula is C22H23BrN4O. The number of carbonyl (C=O) groups is 1. The Kier molecular flexibility index (Phi) is 5.31. The van der Waals surface area contributed by atoms with Crippen LogP contribution in [0, 0.1) is 5.92 Å². The number of hydrogen-bond acceptors (Lipinski definition) is 5. The molecule has 4 rings (SSSR count). The van der Waals surface area contributed by atoms with Crippen molar-refractivity contribution in [1.82, 2.24) is 9.97 Å². The lowest BCUT2D eigenvalue weighted by atomic mass is 10.0. The van der Waals surface area contributed by atoms with Gasteiger partial charge in [0.2, 0.25) is 0 Å². The Hall–Kier alpha value is -2.47. The maximum atomic E-state index is 12.2. The van der Waals surface area contributed by atoms with Gasteiger partial charge >= 0.3 is 0 Å². The highest BCUT2D eigenvalue weighted by molar-refractivity contribution is 9.10. The maximum Gasteiger partial charge on any atom is 0.163 e. The lowest BCUT2D eigenvalue weighted by Gasteiger charge is -2.31. The molecule has 3 aromatic rings. The number of piperidine rings is 1. The minimum atomic E-state index is -0.0243. The van der Waals surface area contributed by atoms with Gasteiger partial charge < -0.3 is 10.2 Å². The Balaban J connectivity index is 1.67. The van der Waals surface area contributed by atoms with E-state index < -0.39 is 0 Å². The third kappa shape index (κ3) is 3.87. The monoisotopic (exact) mass is 438 g/mol. The minimum Gasteiger partial charge on any atom is -0.356 e. The van der Waals surface area contributed by atoms with E-state index in [-0.39, 0.29) is 5.78 Å². The summed E-state index contributed by atoms with van der Waals surface area (Å²) in [5.41, 5.74) is 3.02. The number of ketones is 1. The van der Waals surface area contributed by atoms with E-state index in [4.69, 9.17) is 0 Å². The van der Waals surface area contributed by atoms with Crippen molar-refractivity contribution in [1.29, 1.82) is 0 Å². The van der Waals surface area contributed by atoms with Crippen LogP contribution in [0.1, 0.15) is 37.0 Å². The van der Waals surface area contributed by atoms with Gasteiger partial charge in [-0.15, -0.1) is 0 Å². The fourth-order valence-electron chi connectivity index (χ4n) is 3.76. The molecule has 1 aromatic carbocycles. The summed E-state index contributed by atoms with van der Waals surface area (Å²) in [5.74, 6) is 1.68. The molecule has 0 bridgehead atoms. The van der Waals surface area contributed by atoms with E-state index in [0.717, 1.165) is 45.7 Å². The molecule has 1 unspecified atom stereocenters. The first-order valence-corrected chi connectivity index (χ1v) is 10.4. The summed E-state index contributed by atoms with van der Waals surface area (Å²) in [4.78, 5) is 23.6. The molecule has 0 spiro atoms. The molecule has 2 aromatic heterocycles. The molecule has 1 fully saturated rings. The molecule has 0 saturated carbocycles. The Morgan fingerprint density at radius 1 is 1.21 bits per heavy atom. The summed E-state index contributed by atoms with van der Waals surface area (Å²) < 4.78 is 0.943. The molecule has 1 aliphatic heterocycles. The molecule has 1 atom stereocenters. The summed E-state index contributed by atoms with van der Waals surface area (Å²) in [6.45, 7) is 5.96. The van der Waals surface area contributed by atoms with Crippen LogP contribution in [0.25, 0.3) is 10.9 Å². The van der Waals surface area contributed by atoms with Crippen LogP contribution in [-0.4, -0.2) is 28.8 Å². The van der Waals surface area contributed by atoms with Gasteiger partial charge in [-0.1, -0.05) is 22.9 Å². The standard InChI is InChI=1S/C22H23BrN4O/c1-14-4-3-9-27(13-14)21-8-6-17(11-25-21)26-22-18-10-16(23)5-7-20(18)24-12-19(22)15(2)28/h5-8,10-12,14H,3-4,9,13H2,1-2H3,(H,24,26). The highest BCUT2D eigenvalue weighted by Crippen LogP contribution is 2.32. The van der Waals surface area contributed by atoms with Gasteiger partial charge in [0, 0.05) is 29.1 Å². The molecule has 3 heterocycles. The number of rotatable bonds is 4. The van der Waals surface area contributed by atoms with Gasteiger partial charge in [-0.3, -0.25) is 9.78 Å². The summed E-state index contributed by atoms with van der Waals surface area (Å²) in [6, 6.07) is 9.94. The summed E-state index contributed by atoms with van der Waals surface area (Å²) in [6.07, 6.45) is 5.97. The second kappa shape index (κ2) is 7.87. The zero-order valence-electron chi connectivity index (χ0n) is 16.1. The SMILES string of the molecule is CC(=O)c1cnc2ccc(Br)cc2c1Nc1ccc(N2CCCC(C)C2)nc1. The molecule has 1 N–H and O–H groups in total. The largest absolute Gasteiger partial charge is 0.356 e. The second-order valence-electron chi connectivity index (χ2n) is 7.49. The van der Waals surface area contributed by atoms with E-state index in [0.29, 0.717) is 11.5 Å². The molecule has 6 heteroatoms. The normalized spacial score (nSPS) is 17.0. The van der Waals surface area contributed by atoms with Crippen LogP contribution in [0.3, 0.4) is 0 Å². The number of nitrogens with one attached hydrogen (secondary N) is 1. The highest BCUT2D eigenvalue weighted by Gasteiger charge is 2.18. The average Bonchev–Trinajstić information content (AvgIpc) is 2.68. The Morgan fingerprint density at radius 2 is 2.07 bits per heavy atom. The smallest absolute Gasteiger partial charge is 0.163 e. The molecule has 0 radical (unpaired) electrons. The topological polar surface area (TPSA) is 58.1 Å². The van der Waals surface area contributed by atoms with Crippen LogP contribution in [0.5, 0.6) is 0 Å². The van der Waals surface area contributed by atoms with Gasteiger partial charge in [-0.05, 0) is 56.0 Å². The molecule has 0 amide bonds. The second-order valence-corrected chi connectivity index (χ2v) is 8.40. The number of nitrogens with zero attached hydrogens (tertiary/aromatic N) is 3. The highest BCUT2D eigenvalue weighted by atomic mass is 79.9. The molecule has 5 nitrogen and oxygen atoms in total. The van der Waals surface area contributed by atoms with E-state index in [1.165, 1.54) is 12.8 Å². The number of pyridine rings is 2. The van der Waals surface area contributed by atoms with Crippen molar-refractivity contribution in [2.45, 2.75) is 26.7 Å². The van der Waals surface area contributed by atoms with Gasteiger partial charge in [0.15, 0.2) is 5.78 Å². The number of aromatic nitrogens is 2. The first-order valence-electron chi connectivity index (χ1n) is 9.58. The Morgan fingerprint density at radius 3 is 2.79 bits per heavy atom. The van der Waals surface area contributed by atoms with Crippen LogP contribution in [0.4, 0.5) is 17.2 Å². The van der Waals surface area contributed by atoms with Crippen LogP contribution in [0.15, 0.2) is 47.2 Å². The number of fused-ring (bicyclic) bond motifs is 1. The lowest BCUT2D eigenvalue weighted by molar-refractivity contribution is 0.101. The number of carbonyl (C=O) groups excluding carboxylic acids is 1. The van der Waals surface area contributed by atoms with E-state index in [1.54, 1.807) is 13.1 Å². The minimum absolute atomic E-state index is 0.0243. The fraction of sp³-hybridized carbons (Fsp3) is 0.318. The van der Waals surface area contributed by atoms with Crippen LogP contribution in [-0.2, 0) is 0 Å². The number of hydrogen-bond donors (Lipinski definition) is 1. The van der Waals surface area contributed by atoms with Crippen molar-refractivity contribution in [2.24, 2.45) is 5.92 Å². The fourth-order valence-corrected chi connectivity index (χ4v) is 4.12. The number of anilines is 3. The van der Waals surface area contributed by atoms with Gasteiger partial charge in [-0.25, -0.2) is 4.98 Å². The van der Waals surface area contributed by atoms with Crippen molar-refractivity contribution >= 4 is 49.8 Å². The molecule has 1 saturated heterocycles. The molecular weight excluding hydrogens is 416 g/mol.